The molecule has 0 spiro atoms. The quantitative estimate of drug-likeness (QED) is 0.463. The van der Waals surface area contributed by atoms with Crippen LogP contribution in [0.5, 0.6) is 0 Å². The third kappa shape index (κ3) is 3.57. The minimum Gasteiger partial charge on any atom is -0.324 e. The zero-order chi connectivity index (χ0) is 22.7. The van der Waals surface area contributed by atoms with Crippen molar-refractivity contribution >= 4 is 34.0 Å². The Hall–Kier alpha value is -2.97. The molecule has 1 saturated carbocycles. The van der Waals surface area contributed by atoms with Crippen LogP contribution >= 0.6 is 11.3 Å². The van der Waals surface area contributed by atoms with E-state index < -0.39 is 0 Å². The summed E-state index contributed by atoms with van der Waals surface area (Å²) in [5.41, 5.74) is 5.30. The average molecular weight is 461 g/mol. The van der Waals surface area contributed by atoms with Crippen LogP contribution in [0.15, 0.2) is 40.6 Å². The van der Waals surface area contributed by atoms with Crippen LogP contribution in [-0.2, 0) is 18.4 Å². The lowest BCUT2D eigenvalue weighted by Crippen LogP contribution is -2.23. The summed E-state index contributed by atoms with van der Waals surface area (Å²) >= 11 is 1.73. The summed E-state index contributed by atoms with van der Waals surface area (Å²) in [4.78, 5) is 24.0. The summed E-state index contributed by atoms with van der Waals surface area (Å²) < 4.78 is 3.93. The van der Waals surface area contributed by atoms with Crippen molar-refractivity contribution in [2.75, 3.05) is 11.9 Å². The van der Waals surface area contributed by atoms with Crippen LogP contribution in [0.3, 0.4) is 0 Å². The Labute approximate surface area is 196 Å². The van der Waals surface area contributed by atoms with Gasteiger partial charge in [0.15, 0.2) is 5.65 Å². The molecule has 33 heavy (non-hydrogen) atoms. The number of fused-ring (bicyclic) bond motifs is 2. The Morgan fingerprint density at radius 3 is 2.82 bits per heavy atom. The molecular weight excluding hydrogens is 432 g/mol. The number of anilines is 2. The molecule has 1 aliphatic carbocycles. The molecule has 1 aromatic carbocycles. The van der Waals surface area contributed by atoms with Crippen molar-refractivity contribution in [2.24, 2.45) is 0 Å². The van der Waals surface area contributed by atoms with Gasteiger partial charge in [-0.3, -0.25) is 4.79 Å². The third-order valence-corrected chi connectivity index (χ3v) is 7.75. The molecule has 0 unspecified atom stereocenters. The number of hydrogen-bond donors (Lipinski definition) is 2. The first-order valence-corrected chi connectivity index (χ1v) is 12.5. The van der Waals surface area contributed by atoms with Gasteiger partial charge >= 0.3 is 0 Å². The minimum atomic E-state index is -0.0319. The Kier molecular flexibility index (Phi) is 4.71. The highest BCUT2D eigenvalue weighted by Crippen LogP contribution is 2.39. The first-order chi connectivity index (χ1) is 15.9. The fourth-order valence-electron chi connectivity index (χ4n) is 4.66. The maximum atomic E-state index is 13.4. The summed E-state index contributed by atoms with van der Waals surface area (Å²) in [6, 6.07) is 8.75. The molecule has 1 aliphatic heterocycles. The first-order valence-electron chi connectivity index (χ1n) is 11.6. The number of nitrogens with one attached hydrogen (secondary N) is 2. The number of thiophene rings is 1. The molecule has 0 radical (unpaired) electrons. The van der Waals surface area contributed by atoms with E-state index >= 15 is 0 Å². The van der Waals surface area contributed by atoms with Crippen LogP contribution in [0.25, 0.3) is 16.7 Å². The lowest BCUT2D eigenvalue weighted by molar-refractivity contribution is 0.543. The summed E-state index contributed by atoms with van der Waals surface area (Å²) in [5, 5.41) is 9.45. The summed E-state index contributed by atoms with van der Waals surface area (Å²) in [7, 11) is 0. The van der Waals surface area contributed by atoms with Crippen molar-refractivity contribution in [2.45, 2.75) is 58.0 Å². The van der Waals surface area contributed by atoms with Crippen LogP contribution in [0.4, 0.5) is 11.6 Å². The monoisotopic (exact) mass is 460 g/mol. The molecule has 6 rings (SSSR count). The smallest absolute Gasteiger partial charge is 0.278 e. The second-order valence-corrected chi connectivity index (χ2v) is 11.0. The number of rotatable bonds is 4. The van der Waals surface area contributed by atoms with Gasteiger partial charge in [-0.25, -0.2) is 14.3 Å². The number of benzene rings is 1. The Balaban J connectivity index is 1.48. The van der Waals surface area contributed by atoms with Crippen molar-refractivity contribution < 1.29 is 0 Å². The van der Waals surface area contributed by atoms with Gasteiger partial charge < -0.3 is 10.6 Å². The van der Waals surface area contributed by atoms with E-state index in [9.17, 15) is 4.79 Å². The molecule has 0 amide bonds. The third-order valence-electron chi connectivity index (χ3n) is 6.42. The standard InChI is InChI=1S/C25H28N6OS/c1-25(2,3)21-20(9-11-33-21)31-22-19(23(32)30(31)18-6-7-18)14-27-24(29-22)28-17-5-4-15-8-10-26-13-16(15)12-17/h4-5,9,11-12,14,18,26H,6-8,10,13H2,1-3H3,(H,27,28,29). The fourth-order valence-corrected chi connectivity index (χ4v) is 5.62. The van der Waals surface area contributed by atoms with E-state index in [1.807, 2.05) is 9.36 Å². The van der Waals surface area contributed by atoms with Crippen molar-refractivity contribution in [3.8, 4) is 5.69 Å². The van der Waals surface area contributed by atoms with E-state index in [1.54, 1.807) is 17.5 Å². The molecule has 4 heterocycles. The maximum Gasteiger partial charge on any atom is 0.278 e. The average Bonchev–Trinajstić information content (AvgIpc) is 3.42. The maximum absolute atomic E-state index is 13.4. The van der Waals surface area contributed by atoms with Gasteiger partial charge in [0.1, 0.15) is 5.39 Å². The molecule has 170 valence electrons. The topological polar surface area (TPSA) is 76.8 Å². The van der Waals surface area contributed by atoms with Gasteiger partial charge in [-0.2, -0.15) is 4.98 Å². The highest BCUT2D eigenvalue weighted by atomic mass is 32.1. The molecule has 0 atom stereocenters. The van der Waals surface area contributed by atoms with Gasteiger partial charge in [-0.1, -0.05) is 26.8 Å². The molecule has 2 N–H and O–H groups in total. The molecule has 4 aromatic rings. The molecule has 7 nitrogen and oxygen atoms in total. The first kappa shape index (κ1) is 20.6. The predicted molar refractivity (Wildman–Crippen MR) is 133 cm³/mol. The molecule has 8 heteroatoms. The van der Waals surface area contributed by atoms with E-state index in [0.717, 1.165) is 43.7 Å². The van der Waals surface area contributed by atoms with Crippen LogP contribution in [0.2, 0.25) is 0 Å². The zero-order valence-corrected chi connectivity index (χ0v) is 20.0. The Morgan fingerprint density at radius 2 is 2.03 bits per heavy atom. The highest BCUT2D eigenvalue weighted by molar-refractivity contribution is 7.10. The molecule has 3 aromatic heterocycles. The van der Waals surface area contributed by atoms with Gasteiger partial charge in [-0.05, 0) is 65.9 Å². The molecule has 2 aliphatic rings. The summed E-state index contributed by atoms with van der Waals surface area (Å²) in [5.74, 6) is 0.500. The highest BCUT2D eigenvalue weighted by Gasteiger charge is 2.32. The zero-order valence-electron chi connectivity index (χ0n) is 19.2. The van der Waals surface area contributed by atoms with Gasteiger partial charge in [0, 0.05) is 23.3 Å². The second kappa shape index (κ2) is 7.53. The van der Waals surface area contributed by atoms with Crippen LogP contribution in [-0.4, -0.2) is 25.9 Å². The number of aromatic nitrogens is 4. The number of nitrogens with zero attached hydrogens (tertiary/aromatic N) is 4. The lowest BCUT2D eigenvalue weighted by Gasteiger charge is -2.21. The minimum absolute atomic E-state index is 0.00929. The predicted octanol–water partition coefficient (Wildman–Crippen LogP) is 4.67. The summed E-state index contributed by atoms with van der Waals surface area (Å²) in [6.07, 6.45) is 4.76. The SMILES string of the molecule is CC(C)(C)c1sccc1-n1c2nc(Nc3ccc4c(c3)CNCC4)ncc2c(=O)n1C1CC1. The molecule has 0 saturated heterocycles. The van der Waals surface area contributed by atoms with Crippen molar-refractivity contribution in [1.82, 2.24) is 24.6 Å². The summed E-state index contributed by atoms with van der Waals surface area (Å²) in [6.45, 7) is 8.53. The number of hydrogen-bond acceptors (Lipinski definition) is 6. The van der Waals surface area contributed by atoms with E-state index in [4.69, 9.17) is 4.98 Å². The van der Waals surface area contributed by atoms with E-state index in [1.165, 1.54) is 16.0 Å². The van der Waals surface area contributed by atoms with Gasteiger partial charge in [0.2, 0.25) is 5.95 Å². The largest absolute Gasteiger partial charge is 0.324 e. The Morgan fingerprint density at radius 1 is 1.18 bits per heavy atom. The van der Waals surface area contributed by atoms with Crippen LogP contribution in [0, 0.1) is 0 Å². The van der Waals surface area contributed by atoms with E-state index in [2.05, 4.69) is 66.0 Å². The Bertz CT molecular complexity index is 1420. The van der Waals surface area contributed by atoms with Crippen molar-refractivity contribution in [3.05, 3.63) is 62.2 Å². The van der Waals surface area contributed by atoms with Gasteiger partial charge in [-0.15, -0.1) is 11.3 Å². The van der Waals surface area contributed by atoms with Gasteiger partial charge in [0.25, 0.3) is 5.56 Å². The fraction of sp³-hybridized carbons (Fsp3) is 0.400. The lowest BCUT2D eigenvalue weighted by atomic mass is 9.94. The second-order valence-electron chi connectivity index (χ2n) is 10.0. The molecule has 0 bridgehead atoms. The van der Waals surface area contributed by atoms with Gasteiger partial charge in [0.05, 0.1) is 11.7 Å². The van der Waals surface area contributed by atoms with E-state index in [0.29, 0.717) is 17.0 Å². The van der Waals surface area contributed by atoms with Crippen molar-refractivity contribution in [1.29, 1.82) is 0 Å². The van der Waals surface area contributed by atoms with Crippen LogP contribution in [0.1, 0.15) is 55.7 Å². The van der Waals surface area contributed by atoms with Crippen LogP contribution < -0.4 is 16.2 Å². The molecular formula is C25H28N6OS. The normalized spacial score (nSPS) is 16.2. The molecule has 1 fully saturated rings. The van der Waals surface area contributed by atoms with Crippen molar-refractivity contribution in [3.63, 3.8) is 0 Å². The van der Waals surface area contributed by atoms with E-state index in [-0.39, 0.29) is 17.0 Å².